The van der Waals surface area contributed by atoms with Gasteiger partial charge in [-0.25, -0.2) is 0 Å². The van der Waals surface area contributed by atoms with Gasteiger partial charge in [0.15, 0.2) is 0 Å². The summed E-state index contributed by atoms with van der Waals surface area (Å²) in [6, 6.07) is 81.5. The molecule has 59 heavy (non-hydrogen) atoms. The van der Waals surface area contributed by atoms with Gasteiger partial charge in [0.05, 0.1) is 11.7 Å². The molecule has 0 spiro atoms. The summed E-state index contributed by atoms with van der Waals surface area (Å²) in [5.41, 5.74) is 17.6. The number of hydrogen-bond acceptors (Lipinski definition) is 5. The molecule has 0 radical (unpaired) electrons. The molecule has 0 fully saturated rings. The molecule has 0 saturated carbocycles. The van der Waals surface area contributed by atoms with E-state index >= 15 is 0 Å². The molecule has 0 aliphatic carbocycles. The molecule has 280 valence electrons. The first-order chi connectivity index (χ1) is 29.3. The first kappa shape index (κ1) is 35.8. The third-order valence-corrected chi connectivity index (χ3v) is 11.3. The molecule has 0 aliphatic heterocycles. The molecule has 5 heteroatoms. The van der Waals surface area contributed by atoms with Crippen molar-refractivity contribution in [2.75, 3.05) is 9.80 Å². The summed E-state index contributed by atoms with van der Waals surface area (Å²) in [7, 11) is 0. The van der Waals surface area contributed by atoms with E-state index in [4.69, 9.17) is 8.75 Å². The molecule has 1 aromatic heterocycles. The molecule has 0 aliphatic rings. The smallest absolute Gasteiger partial charge is 0.113 e. The molecule has 0 N–H and O–H groups in total. The Kier molecular flexibility index (Phi) is 9.77. The Balaban J connectivity index is 0.877. The van der Waals surface area contributed by atoms with Gasteiger partial charge in [0.2, 0.25) is 0 Å². The molecular formula is C54H38N4S. The minimum atomic E-state index is 0.924. The van der Waals surface area contributed by atoms with E-state index in [9.17, 15) is 0 Å². The summed E-state index contributed by atoms with van der Waals surface area (Å²) >= 11 is 1.26. The minimum Gasteiger partial charge on any atom is -0.311 e. The van der Waals surface area contributed by atoms with Crippen LogP contribution in [0.15, 0.2) is 231 Å². The Morgan fingerprint density at radius 1 is 0.237 bits per heavy atom. The van der Waals surface area contributed by atoms with Crippen LogP contribution in [0.5, 0.6) is 0 Å². The Morgan fingerprint density at radius 3 is 0.763 bits per heavy atom. The number of rotatable bonds is 10. The molecular weight excluding hydrogens is 737 g/mol. The normalized spacial score (nSPS) is 11.1. The average Bonchev–Trinajstić information content (AvgIpc) is 3.82. The fraction of sp³-hybridized carbons (Fsp3) is 0. The van der Waals surface area contributed by atoms with E-state index in [0.29, 0.717) is 0 Å². The van der Waals surface area contributed by atoms with E-state index in [1.807, 2.05) is 0 Å². The maximum Gasteiger partial charge on any atom is 0.113 e. The van der Waals surface area contributed by atoms with Crippen molar-refractivity contribution in [2.24, 2.45) is 0 Å². The molecule has 10 aromatic rings. The van der Waals surface area contributed by atoms with E-state index in [1.54, 1.807) is 0 Å². The second-order valence-corrected chi connectivity index (χ2v) is 14.9. The quantitative estimate of drug-likeness (QED) is 0.139. The zero-order valence-electron chi connectivity index (χ0n) is 32.1. The molecule has 0 bridgehead atoms. The molecule has 1 heterocycles. The predicted molar refractivity (Wildman–Crippen MR) is 249 cm³/mol. The van der Waals surface area contributed by atoms with Gasteiger partial charge in [-0.1, -0.05) is 158 Å². The molecule has 0 amide bonds. The van der Waals surface area contributed by atoms with Crippen molar-refractivity contribution in [3.63, 3.8) is 0 Å². The summed E-state index contributed by atoms with van der Waals surface area (Å²) in [6.45, 7) is 0. The summed E-state index contributed by atoms with van der Waals surface area (Å²) < 4.78 is 9.58. The maximum atomic E-state index is 4.79. The van der Waals surface area contributed by atoms with Gasteiger partial charge in [-0.2, -0.15) is 8.75 Å². The number of para-hydroxylation sites is 4. The Hall–Kier alpha value is -7.60. The van der Waals surface area contributed by atoms with Crippen molar-refractivity contribution in [1.82, 2.24) is 8.75 Å². The Bertz CT molecular complexity index is 2650. The first-order valence-corrected chi connectivity index (χ1v) is 20.5. The molecule has 0 saturated heterocycles. The van der Waals surface area contributed by atoms with Gasteiger partial charge in [-0.3, -0.25) is 0 Å². The third kappa shape index (κ3) is 7.27. The number of aromatic nitrogens is 2. The lowest BCUT2D eigenvalue weighted by Crippen LogP contribution is -2.09. The van der Waals surface area contributed by atoms with Gasteiger partial charge in [-0.15, -0.1) is 0 Å². The van der Waals surface area contributed by atoms with Crippen LogP contribution in [0.2, 0.25) is 0 Å². The first-order valence-electron chi connectivity index (χ1n) is 19.7. The van der Waals surface area contributed by atoms with E-state index in [0.717, 1.165) is 89.7 Å². The van der Waals surface area contributed by atoms with Crippen LogP contribution in [-0.4, -0.2) is 8.75 Å². The fourth-order valence-electron chi connectivity index (χ4n) is 7.83. The van der Waals surface area contributed by atoms with Crippen molar-refractivity contribution in [2.45, 2.75) is 0 Å². The molecule has 9 aromatic carbocycles. The van der Waals surface area contributed by atoms with Crippen LogP contribution < -0.4 is 9.80 Å². The van der Waals surface area contributed by atoms with Crippen LogP contribution in [0.1, 0.15) is 0 Å². The van der Waals surface area contributed by atoms with Gasteiger partial charge in [-0.05, 0) is 106 Å². The maximum absolute atomic E-state index is 4.79. The largest absolute Gasteiger partial charge is 0.311 e. The standard InChI is InChI=1S/C54H38N4S/c1-5-13-45(14-6-1)57(46-15-7-2-8-16-46)49-33-29-41(30-34-49)39-21-25-43(26-22-39)51-37-38-52(54-53(51)55-59-56-54)44-27-23-40(24-28-44)42-31-35-50(36-32-42)58(47-17-9-3-10-18-47)48-19-11-4-12-20-48/h1-38H. The lowest BCUT2D eigenvalue weighted by molar-refractivity contribution is 1.28. The highest BCUT2D eigenvalue weighted by Gasteiger charge is 2.16. The number of anilines is 6. The van der Waals surface area contributed by atoms with Crippen LogP contribution >= 0.6 is 11.7 Å². The summed E-state index contributed by atoms with van der Waals surface area (Å²) in [4.78, 5) is 4.56. The number of hydrogen-bond donors (Lipinski definition) is 0. The van der Waals surface area contributed by atoms with Gasteiger partial charge < -0.3 is 9.80 Å². The highest BCUT2D eigenvalue weighted by molar-refractivity contribution is 7.00. The second kappa shape index (κ2) is 16.1. The van der Waals surface area contributed by atoms with Crippen molar-refractivity contribution < 1.29 is 0 Å². The highest BCUT2D eigenvalue weighted by atomic mass is 32.1. The van der Waals surface area contributed by atoms with E-state index in [-0.39, 0.29) is 0 Å². The van der Waals surface area contributed by atoms with Crippen LogP contribution in [0, 0.1) is 0 Å². The molecule has 0 atom stereocenters. The van der Waals surface area contributed by atoms with Gasteiger partial charge in [0.1, 0.15) is 11.0 Å². The second-order valence-electron chi connectivity index (χ2n) is 14.4. The topological polar surface area (TPSA) is 32.3 Å². The Labute approximate surface area is 348 Å². The Morgan fingerprint density at radius 2 is 0.475 bits per heavy atom. The van der Waals surface area contributed by atoms with E-state index in [2.05, 4.69) is 240 Å². The van der Waals surface area contributed by atoms with Crippen molar-refractivity contribution in [1.29, 1.82) is 0 Å². The summed E-state index contributed by atoms with van der Waals surface area (Å²) in [5, 5.41) is 0. The average molecular weight is 775 g/mol. The highest BCUT2D eigenvalue weighted by Crippen LogP contribution is 2.39. The molecule has 10 rings (SSSR count). The summed E-state index contributed by atoms with van der Waals surface area (Å²) in [6.07, 6.45) is 0. The van der Waals surface area contributed by atoms with Crippen LogP contribution in [0.3, 0.4) is 0 Å². The third-order valence-electron chi connectivity index (χ3n) is 10.8. The lowest BCUT2D eigenvalue weighted by Gasteiger charge is -2.25. The van der Waals surface area contributed by atoms with Gasteiger partial charge >= 0.3 is 0 Å². The monoisotopic (exact) mass is 774 g/mol. The zero-order valence-corrected chi connectivity index (χ0v) is 33.0. The number of nitrogens with zero attached hydrogens (tertiary/aromatic N) is 4. The van der Waals surface area contributed by atoms with Crippen LogP contribution in [-0.2, 0) is 0 Å². The fourth-order valence-corrected chi connectivity index (χ4v) is 8.40. The van der Waals surface area contributed by atoms with Crippen molar-refractivity contribution in [3.8, 4) is 44.5 Å². The SMILES string of the molecule is c1ccc(N(c2ccccc2)c2ccc(-c3ccc(-c4ccc(-c5ccc(-c6ccc(N(c7ccccc7)c7ccccc7)cc6)cc5)c5nsnc45)cc3)cc2)cc1. The number of fused-ring (bicyclic) bond motifs is 1. The molecule has 0 unspecified atom stereocenters. The minimum absolute atomic E-state index is 0.924. The van der Waals surface area contributed by atoms with Crippen LogP contribution in [0.4, 0.5) is 34.1 Å². The van der Waals surface area contributed by atoms with Gasteiger partial charge in [0, 0.05) is 45.3 Å². The lowest BCUT2D eigenvalue weighted by atomic mass is 9.95. The van der Waals surface area contributed by atoms with Crippen molar-refractivity contribution in [3.05, 3.63) is 231 Å². The number of benzene rings is 9. The van der Waals surface area contributed by atoms with Crippen LogP contribution in [0.25, 0.3) is 55.5 Å². The zero-order chi connectivity index (χ0) is 39.4. The predicted octanol–water partition coefficient (Wildman–Crippen LogP) is 15.3. The van der Waals surface area contributed by atoms with Crippen molar-refractivity contribution >= 4 is 56.9 Å². The van der Waals surface area contributed by atoms with E-state index < -0.39 is 0 Å². The molecule has 4 nitrogen and oxygen atoms in total. The summed E-state index contributed by atoms with van der Waals surface area (Å²) in [5.74, 6) is 0. The van der Waals surface area contributed by atoms with Gasteiger partial charge in [0.25, 0.3) is 0 Å². The van der Waals surface area contributed by atoms with E-state index in [1.165, 1.54) is 11.7 Å².